The summed E-state index contributed by atoms with van der Waals surface area (Å²) in [7, 11) is 0. The van der Waals surface area contributed by atoms with Crippen molar-refractivity contribution in [2.45, 2.75) is 6.42 Å². The highest BCUT2D eigenvalue weighted by atomic mass is 35.5. The summed E-state index contributed by atoms with van der Waals surface area (Å²) in [6, 6.07) is 11.1. The minimum atomic E-state index is -0.440. The number of nitro groups is 1. The Bertz CT molecular complexity index is 655. The Kier molecular flexibility index (Phi) is 4.90. The van der Waals surface area contributed by atoms with Crippen molar-refractivity contribution in [2.75, 3.05) is 6.61 Å². The fourth-order valence-electron chi connectivity index (χ4n) is 1.81. The molecular formula is C15H12ClNO4. The van der Waals surface area contributed by atoms with Crippen LogP contribution in [0.25, 0.3) is 0 Å². The van der Waals surface area contributed by atoms with Gasteiger partial charge in [-0.15, -0.1) is 0 Å². The first-order valence-corrected chi connectivity index (χ1v) is 6.59. The smallest absolute Gasteiger partial charge is 0.269 e. The maximum absolute atomic E-state index is 10.9. The van der Waals surface area contributed by atoms with Crippen molar-refractivity contribution in [1.82, 2.24) is 0 Å². The SMILES string of the molecule is O=Cc1cc(Cl)ccc1OCCc1ccc([N+](=O)[O-])cc1. The van der Waals surface area contributed by atoms with Crippen molar-refractivity contribution in [2.24, 2.45) is 0 Å². The molecule has 21 heavy (non-hydrogen) atoms. The molecule has 0 aromatic heterocycles. The van der Waals surface area contributed by atoms with Crippen molar-refractivity contribution < 1.29 is 14.5 Å². The van der Waals surface area contributed by atoms with Gasteiger partial charge in [0, 0.05) is 23.6 Å². The Morgan fingerprint density at radius 3 is 2.52 bits per heavy atom. The molecule has 0 radical (unpaired) electrons. The van der Waals surface area contributed by atoms with Crippen LogP contribution < -0.4 is 4.74 Å². The van der Waals surface area contributed by atoms with E-state index in [2.05, 4.69) is 0 Å². The summed E-state index contributed by atoms with van der Waals surface area (Å²) < 4.78 is 5.54. The fourth-order valence-corrected chi connectivity index (χ4v) is 1.99. The molecule has 0 unspecified atom stereocenters. The summed E-state index contributed by atoms with van der Waals surface area (Å²) in [5.41, 5.74) is 1.37. The molecule has 0 N–H and O–H groups in total. The van der Waals surface area contributed by atoms with Crippen molar-refractivity contribution in [1.29, 1.82) is 0 Å². The van der Waals surface area contributed by atoms with Gasteiger partial charge >= 0.3 is 0 Å². The van der Waals surface area contributed by atoms with E-state index in [1.807, 2.05) is 0 Å². The quantitative estimate of drug-likeness (QED) is 0.464. The third-order valence-corrected chi connectivity index (χ3v) is 3.13. The number of halogens is 1. The molecule has 0 fully saturated rings. The zero-order valence-corrected chi connectivity index (χ0v) is 11.7. The number of nitro benzene ring substituents is 1. The average Bonchev–Trinajstić information content (AvgIpc) is 2.49. The molecule has 2 aromatic rings. The maximum atomic E-state index is 10.9. The predicted molar refractivity (Wildman–Crippen MR) is 79.1 cm³/mol. The number of aldehydes is 1. The van der Waals surface area contributed by atoms with Gasteiger partial charge in [-0.05, 0) is 23.8 Å². The third kappa shape index (κ3) is 4.03. The zero-order valence-electron chi connectivity index (χ0n) is 11.0. The van der Waals surface area contributed by atoms with Crippen LogP contribution in [0.4, 0.5) is 5.69 Å². The van der Waals surface area contributed by atoms with Crippen LogP contribution in [0.1, 0.15) is 15.9 Å². The summed E-state index contributed by atoms with van der Waals surface area (Å²) >= 11 is 5.80. The second-order valence-corrected chi connectivity index (χ2v) is 4.76. The van der Waals surface area contributed by atoms with Crippen molar-refractivity contribution in [3.8, 4) is 5.75 Å². The van der Waals surface area contributed by atoms with Gasteiger partial charge in [0.25, 0.3) is 5.69 Å². The molecular weight excluding hydrogens is 294 g/mol. The number of nitrogens with zero attached hydrogens (tertiary/aromatic N) is 1. The van der Waals surface area contributed by atoms with E-state index in [-0.39, 0.29) is 5.69 Å². The van der Waals surface area contributed by atoms with E-state index in [0.717, 1.165) is 5.56 Å². The number of carbonyl (C=O) groups excluding carboxylic acids is 1. The van der Waals surface area contributed by atoms with Crippen LogP contribution in [-0.4, -0.2) is 17.8 Å². The summed E-state index contributed by atoms with van der Waals surface area (Å²) in [6.45, 7) is 0.361. The molecule has 2 rings (SSSR count). The van der Waals surface area contributed by atoms with E-state index in [0.29, 0.717) is 35.6 Å². The van der Waals surface area contributed by atoms with Gasteiger partial charge in [-0.25, -0.2) is 0 Å². The number of hydrogen-bond acceptors (Lipinski definition) is 4. The number of carbonyl (C=O) groups is 1. The van der Waals surface area contributed by atoms with E-state index in [1.165, 1.54) is 18.2 Å². The molecule has 0 heterocycles. The fraction of sp³-hybridized carbons (Fsp3) is 0.133. The largest absolute Gasteiger partial charge is 0.492 e. The maximum Gasteiger partial charge on any atom is 0.269 e. The van der Waals surface area contributed by atoms with Crippen LogP contribution in [0.2, 0.25) is 5.02 Å². The predicted octanol–water partition coefficient (Wildman–Crippen LogP) is 3.68. The molecule has 0 aliphatic rings. The van der Waals surface area contributed by atoms with Crippen LogP contribution in [0.5, 0.6) is 5.75 Å². The molecule has 0 amide bonds. The van der Waals surface area contributed by atoms with Gasteiger partial charge < -0.3 is 4.74 Å². The van der Waals surface area contributed by atoms with E-state index in [4.69, 9.17) is 16.3 Å². The molecule has 6 heteroatoms. The van der Waals surface area contributed by atoms with Crippen LogP contribution in [0, 0.1) is 10.1 Å². The minimum absolute atomic E-state index is 0.0561. The van der Waals surface area contributed by atoms with Gasteiger partial charge in [0.05, 0.1) is 17.1 Å². The number of benzene rings is 2. The van der Waals surface area contributed by atoms with Gasteiger partial charge in [-0.3, -0.25) is 14.9 Å². The highest BCUT2D eigenvalue weighted by Crippen LogP contribution is 2.21. The van der Waals surface area contributed by atoms with Crippen molar-refractivity contribution in [3.05, 3.63) is 68.7 Å². The molecule has 0 bridgehead atoms. The van der Waals surface area contributed by atoms with E-state index in [1.54, 1.807) is 24.3 Å². The first-order valence-electron chi connectivity index (χ1n) is 6.21. The molecule has 0 atom stereocenters. The van der Waals surface area contributed by atoms with E-state index < -0.39 is 4.92 Å². The topological polar surface area (TPSA) is 69.4 Å². The van der Waals surface area contributed by atoms with Gasteiger partial charge in [0.2, 0.25) is 0 Å². The second-order valence-electron chi connectivity index (χ2n) is 4.32. The van der Waals surface area contributed by atoms with Crippen LogP contribution in [-0.2, 0) is 6.42 Å². The lowest BCUT2D eigenvalue weighted by Gasteiger charge is -2.08. The summed E-state index contributed by atoms with van der Waals surface area (Å²) in [5.74, 6) is 0.469. The Hall–Kier alpha value is -2.40. The molecule has 0 aliphatic heterocycles. The lowest BCUT2D eigenvalue weighted by Crippen LogP contribution is -2.03. The van der Waals surface area contributed by atoms with Gasteiger partial charge in [0.1, 0.15) is 5.75 Å². The highest BCUT2D eigenvalue weighted by Gasteiger charge is 2.06. The molecule has 0 spiro atoms. The lowest BCUT2D eigenvalue weighted by atomic mass is 10.1. The monoisotopic (exact) mass is 305 g/mol. The third-order valence-electron chi connectivity index (χ3n) is 2.89. The zero-order chi connectivity index (χ0) is 15.2. The van der Waals surface area contributed by atoms with Gasteiger partial charge in [0.15, 0.2) is 6.29 Å². The number of ether oxygens (including phenoxy) is 1. The van der Waals surface area contributed by atoms with Crippen molar-refractivity contribution in [3.63, 3.8) is 0 Å². The number of hydrogen-bond donors (Lipinski definition) is 0. The molecule has 5 nitrogen and oxygen atoms in total. The van der Waals surface area contributed by atoms with Crippen LogP contribution in [0.3, 0.4) is 0 Å². The lowest BCUT2D eigenvalue weighted by molar-refractivity contribution is -0.384. The van der Waals surface area contributed by atoms with E-state index >= 15 is 0 Å². The standard InChI is InChI=1S/C15H12ClNO4/c16-13-3-6-15(12(9-13)10-18)21-8-7-11-1-4-14(5-2-11)17(19)20/h1-6,9-10H,7-8H2. The number of non-ortho nitro benzene ring substituents is 1. The normalized spacial score (nSPS) is 10.1. The van der Waals surface area contributed by atoms with Crippen molar-refractivity contribution >= 4 is 23.6 Å². The van der Waals surface area contributed by atoms with Gasteiger partial charge in [-0.2, -0.15) is 0 Å². The molecule has 2 aromatic carbocycles. The summed E-state index contributed by atoms with van der Waals surface area (Å²) in [6.07, 6.45) is 1.27. The highest BCUT2D eigenvalue weighted by molar-refractivity contribution is 6.30. The van der Waals surface area contributed by atoms with Crippen LogP contribution in [0.15, 0.2) is 42.5 Å². The van der Waals surface area contributed by atoms with Gasteiger partial charge in [-0.1, -0.05) is 23.7 Å². The van der Waals surface area contributed by atoms with Crippen LogP contribution >= 0.6 is 11.6 Å². The average molecular weight is 306 g/mol. The number of rotatable bonds is 6. The van der Waals surface area contributed by atoms with E-state index in [9.17, 15) is 14.9 Å². The molecule has 0 saturated heterocycles. The Morgan fingerprint density at radius 2 is 1.90 bits per heavy atom. The first kappa shape index (κ1) is 15.0. The minimum Gasteiger partial charge on any atom is -0.492 e. The Morgan fingerprint density at radius 1 is 1.19 bits per heavy atom. The second kappa shape index (κ2) is 6.85. The first-order chi connectivity index (χ1) is 10.1. The Balaban J connectivity index is 1.95. The molecule has 0 aliphatic carbocycles. The summed E-state index contributed by atoms with van der Waals surface area (Å²) in [4.78, 5) is 21.0. The Labute approximate surface area is 126 Å². The molecule has 0 saturated carbocycles. The summed E-state index contributed by atoms with van der Waals surface area (Å²) in [5, 5.41) is 11.0. The molecule has 108 valence electrons.